The summed E-state index contributed by atoms with van der Waals surface area (Å²) in [6, 6.07) is 18.2. The number of rotatable bonds is 2. The summed E-state index contributed by atoms with van der Waals surface area (Å²) in [6.45, 7) is 3.03. The van der Waals surface area contributed by atoms with Crippen molar-refractivity contribution in [2.24, 2.45) is 0 Å². The van der Waals surface area contributed by atoms with E-state index >= 15 is 0 Å². The topological polar surface area (TPSA) is 29.8 Å². The van der Waals surface area contributed by atoms with Crippen LogP contribution in [0.4, 0.5) is 5.82 Å². The number of nitrogens with zero attached hydrogens (tertiary/aromatic N) is 3. The van der Waals surface area contributed by atoms with Crippen molar-refractivity contribution in [2.45, 2.75) is 0 Å². The molecule has 0 N–H and O–H groups in total. The number of halogens is 2. The van der Waals surface area contributed by atoms with Crippen molar-refractivity contribution >= 4 is 45.3 Å². The van der Waals surface area contributed by atoms with Gasteiger partial charge in [0.05, 0.1) is 34.5 Å². The molecule has 0 saturated carbocycles. The summed E-state index contributed by atoms with van der Waals surface area (Å²) >= 11 is 13.4. The van der Waals surface area contributed by atoms with E-state index in [2.05, 4.69) is 17.0 Å². The first kappa shape index (κ1) is 16.9. The largest absolute Gasteiger partial charge is 0.378 e. The normalized spacial score (nSPS) is 15.0. The number of aromatic nitrogens is 2. The highest BCUT2D eigenvalue weighted by molar-refractivity contribution is 6.47. The maximum absolute atomic E-state index is 6.69. The lowest BCUT2D eigenvalue weighted by molar-refractivity contribution is 0.122. The summed E-state index contributed by atoms with van der Waals surface area (Å²) in [5.41, 5.74) is 2.64. The molecule has 2 aromatic carbocycles. The zero-order valence-corrected chi connectivity index (χ0v) is 16.0. The fraction of sp³-hybridized carbons (Fsp3) is 0.190. The Morgan fingerprint density at radius 2 is 1.48 bits per heavy atom. The van der Waals surface area contributed by atoms with Crippen LogP contribution in [0, 0.1) is 0 Å². The Morgan fingerprint density at radius 3 is 2.22 bits per heavy atom. The molecule has 3 heterocycles. The van der Waals surface area contributed by atoms with Gasteiger partial charge in [-0.2, -0.15) is 0 Å². The van der Waals surface area contributed by atoms with Crippen LogP contribution in [0.15, 0.2) is 54.6 Å². The van der Waals surface area contributed by atoms with Crippen molar-refractivity contribution in [2.75, 3.05) is 31.2 Å². The summed E-state index contributed by atoms with van der Waals surface area (Å²) < 4.78 is 7.41. The van der Waals surface area contributed by atoms with Gasteiger partial charge >= 0.3 is 0 Å². The van der Waals surface area contributed by atoms with Crippen LogP contribution in [0.25, 0.3) is 27.5 Å². The molecule has 5 rings (SSSR count). The molecule has 0 spiro atoms. The van der Waals surface area contributed by atoms with Crippen molar-refractivity contribution in [1.29, 1.82) is 0 Å². The monoisotopic (exact) mass is 397 g/mol. The second kappa shape index (κ2) is 6.71. The molecule has 136 valence electrons. The van der Waals surface area contributed by atoms with E-state index in [4.69, 9.17) is 33.0 Å². The first-order valence-electron chi connectivity index (χ1n) is 8.92. The molecule has 0 amide bonds. The van der Waals surface area contributed by atoms with E-state index < -0.39 is 0 Å². The van der Waals surface area contributed by atoms with E-state index in [9.17, 15) is 0 Å². The van der Waals surface area contributed by atoms with E-state index in [-0.39, 0.29) is 0 Å². The second-order valence-electron chi connectivity index (χ2n) is 6.57. The van der Waals surface area contributed by atoms with Crippen LogP contribution in [0.1, 0.15) is 0 Å². The molecule has 0 bridgehead atoms. The van der Waals surface area contributed by atoms with Crippen LogP contribution < -0.4 is 4.90 Å². The molecule has 0 unspecified atom stereocenters. The minimum atomic E-state index is 0.527. The van der Waals surface area contributed by atoms with Crippen LogP contribution >= 0.6 is 23.2 Å². The zero-order valence-electron chi connectivity index (χ0n) is 14.5. The van der Waals surface area contributed by atoms with Crippen LogP contribution in [0.5, 0.6) is 0 Å². The van der Waals surface area contributed by atoms with E-state index in [0.29, 0.717) is 23.3 Å². The number of benzene rings is 2. The fourth-order valence-corrected chi connectivity index (χ4v) is 4.27. The lowest BCUT2D eigenvalue weighted by Gasteiger charge is -2.29. The molecule has 1 fully saturated rings. The SMILES string of the molecule is Clc1c(Cl)c2c3ccccc3c(N3CCOCC3)nn2c1-c1ccccc1. The Hall–Kier alpha value is -2.27. The number of morpholine rings is 1. The van der Waals surface area contributed by atoms with Crippen molar-refractivity contribution in [3.8, 4) is 11.3 Å². The third-order valence-corrected chi connectivity index (χ3v) is 5.84. The third-order valence-electron chi connectivity index (χ3n) is 5.01. The average Bonchev–Trinajstić information content (AvgIpc) is 2.99. The number of anilines is 1. The van der Waals surface area contributed by atoms with E-state index in [1.54, 1.807) is 0 Å². The molecule has 6 heteroatoms. The Morgan fingerprint density at radius 1 is 0.815 bits per heavy atom. The van der Waals surface area contributed by atoms with E-state index in [1.807, 2.05) is 47.0 Å². The van der Waals surface area contributed by atoms with Crippen LogP contribution in [-0.4, -0.2) is 35.9 Å². The van der Waals surface area contributed by atoms with Crippen molar-refractivity contribution in [1.82, 2.24) is 9.61 Å². The minimum absolute atomic E-state index is 0.527. The Bertz CT molecular complexity index is 1130. The van der Waals surface area contributed by atoms with Crippen LogP contribution in [0.3, 0.4) is 0 Å². The van der Waals surface area contributed by atoms with Crippen LogP contribution in [-0.2, 0) is 4.74 Å². The second-order valence-corrected chi connectivity index (χ2v) is 7.33. The first-order chi connectivity index (χ1) is 13.3. The molecule has 1 saturated heterocycles. The van der Waals surface area contributed by atoms with Gasteiger partial charge in [-0.3, -0.25) is 0 Å². The standard InChI is InChI=1S/C21H17Cl2N3O/c22-17-18(23)20-15-8-4-5-9-16(15)21(25-10-12-27-13-11-25)24-26(20)19(17)14-6-2-1-3-7-14/h1-9H,10-13H2. The van der Waals surface area contributed by atoms with Gasteiger partial charge in [-0.15, -0.1) is 5.10 Å². The van der Waals surface area contributed by atoms with Gasteiger partial charge in [0.1, 0.15) is 0 Å². The molecule has 27 heavy (non-hydrogen) atoms. The number of hydrogen-bond acceptors (Lipinski definition) is 3. The molecule has 4 aromatic rings. The molecular formula is C21H17Cl2N3O. The lowest BCUT2D eigenvalue weighted by atomic mass is 10.1. The number of fused-ring (bicyclic) bond motifs is 3. The number of ether oxygens (including phenoxy) is 1. The molecule has 2 aromatic heterocycles. The molecule has 1 aliphatic heterocycles. The van der Waals surface area contributed by atoms with E-state index in [0.717, 1.165) is 46.5 Å². The summed E-state index contributed by atoms with van der Waals surface area (Å²) in [5.74, 6) is 0.932. The molecule has 0 atom stereocenters. The highest BCUT2D eigenvalue weighted by Gasteiger charge is 2.24. The Balaban J connectivity index is 1.88. The Labute approximate surface area is 166 Å². The molecular weight excluding hydrogens is 381 g/mol. The third kappa shape index (κ3) is 2.67. The molecule has 0 radical (unpaired) electrons. The summed E-state index contributed by atoms with van der Waals surface area (Å²) in [6.07, 6.45) is 0. The smallest absolute Gasteiger partial charge is 0.157 e. The highest BCUT2D eigenvalue weighted by atomic mass is 35.5. The zero-order chi connectivity index (χ0) is 18.4. The molecule has 0 aliphatic carbocycles. The summed E-state index contributed by atoms with van der Waals surface area (Å²) in [4.78, 5) is 2.27. The van der Waals surface area contributed by atoms with E-state index in [1.165, 1.54) is 0 Å². The van der Waals surface area contributed by atoms with Gasteiger partial charge in [-0.25, -0.2) is 4.52 Å². The quantitative estimate of drug-likeness (QED) is 0.459. The fourth-order valence-electron chi connectivity index (χ4n) is 3.72. The predicted octanol–water partition coefficient (Wildman–Crippen LogP) is 5.30. The van der Waals surface area contributed by atoms with Gasteiger partial charge in [-0.05, 0) is 0 Å². The maximum atomic E-state index is 6.69. The van der Waals surface area contributed by atoms with Gasteiger partial charge in [-0.1, -0.05) is 77.8 Å². The maximum Gasteiger partial charge on any atom is 0.157 e. The van der Waals surface area contributed by atoms with Crippen molar-refractivity contribution in [3.63, 3.8) is 0 Å². The van der Waals surface area contributed by atoms with Crippen LogP contribution in [0.2, 0.25) is 10.0 Å². The van der Waals surface area contributed by atoms with Crippen molar-refractivity contribution < 1.29 is 4.74 Å². The van der Waals surface area contributed by atoms with Gasteiger partial charge in [0, 0.05) is 29.4 Å². The summed E-state index contributed by atoms with van der Waals surface area (Å²) in [7, 11) is 0. The molecule has 1 aliphatic rings. The first-order valence-corrected chi connectivity index (χ1v) is 9.68. The summed E-state index contributed by atoms with van der Waals surface area (Å²) in [5, 5.41) is 8.18. The average molecular weight is 398 g/mol. The van der Waals surface area contributed by atoms with Crippen molar-refractivity contribution in [3.05, 3.63) is 64.6 Å². The van der Waals surface area contributed by atoms with Gasteiger partial charge in [0.2, 0.25) is 0 Å². The minimum Gasteiger partial charge on any atom is -0.378 e. The van der Waals surface area contributed by atoms with Gasteiger partial charge in [0.25, 0.3) is 0 Å². The predicted molar refractivity (Wildman–Crippen MR) is 111 cm³/mol. The lowest BCUT2D eigenvalue weighted by Crippen LogP contribution is -2.37. The van der Waals surface area contributed by atoms with Gasteiger partial charge in [0.15, 0.2) is 5.82 Å². The molecule has 4 nitrogen and oxygen atoms in total. The highest BCUT2D eigenvalue weighted by Crippen LogP contribution is 2.42. The Kier molecular flexibility index (Phi) is 4.20. The van der Waals surface area contributed by atoms with Gasteiger partial charge < -0.3 is 9.64 Å². The number of hydrogen-bond donors (Lipinski definition) is 0.